The van der Waals surface area contributed by atoms with Crippen LogP contribution in [-0.2, 0) is 11.2 Å². The van der Waals surface area contributed by atoms with Crippen LogP contribution in [-0.4, -0.2) is 43.8 Å². The minimum Gasteiger partial charge on any atom is -0.446 e. The topological polar surface area (TPSA) is 41.6 Å². The summed E-state index contributed by atoms with van der Waals surface area (Å²) in [4.78, 5) is 13.7. The van der Waals surface area contributed by atoms with Gasteiger partial charge in [0.05, 0.1) is 0 Å². The molecule has 4 nitrogen and oxygen atoms in total. The van der Waals surface area contributed by atoms with Crippen LogP contribution in [0.4, 0.5) is 4.79 Å². The third-order valence-corrected chi connectivity index (χ3v) is 4.59. The van der Waals surface area contributed by atoms with E-state index in [4.69, 9.17) is 4.74 Å². The SMILES string of the molecule is CNC(=O)OC1CCN(CCc2cccc3ccccc23)CC1. The molecule has 2 aromatic rings. The highest BCUT2D eigenvalue weighted by atomic mass is 16.6. The standard InChI is InChI=1S/C19H24N2O2/c1-20-19(22)23-17-10-13-21(14-11-17)12-9-16-7-4-6-15-5-2-3-8-18(15)16/h2-8,17H,9-14H2,1H3,(H,20,22). The van der Waals surface area contributed by atoms with Crippen molar-refractivity contribution in [2.24, 2.45) is 0 Å². The number of amides is 1. The molecule has 1 aliphatic rings. The van der Waals surface area contributed by atoms with Crippen molar-refractivity contribution in [2.45, 2.75) is 25.4 Å². The normalized spacial score (nSPS) is 16.4. The van der Waals surface area contributed by atoms with Gasteiger partial charge < -0.3 is 15.0 Å². The second kappa shape index (κ2) is 7.47. The molecule has 3 rings (SSSR count). The van der Waals surface area contributed by atoms with Crippen molar-refractivity contribution in [1.82, 2.24) is 10.2 Å². The van der Waals surface area contributed by atoms with Gasteiger partial charge in [0.25, 0.3) is 0 Å². The van der Waals surface area contributed by atoms with Gasteiger partial charge in [-0.1, -0.05) is 42.5 Å². The molecule has 1 fully saturated rings. The fourth-order valence-electron chi connectivity index (χ4n) is 3.25. The van der Waals surface area contributed by atoms with E-state index in [-0.39, 0.29) is 12.2 Å². The molecule has 4 heteroatoms. The lowest BCUT2D eigenvalue weighted by molar-refractivity contribution is 0.0523. The van der Waals surface area contributed by atoms with Gasteiger partial charge in [0.1, 0.15) is 6.10 Å². The maximum atomic E-state index is 11.2. The molecule has 1 aliphatic heterocycles. The van der Waals surface area contributed by atoms with E-state index in [2.05, 4.69) is 52.7 Å². The molecular formula is C19H24N2O2. The number of ether oxygens (including phenoxy) is 1. The number of fused-ring (bicyclic) bond motifs is 1. The van der Waals surface area contributed by atoms with Gasteiger partial charge in [0.2, 0.25) is 0 Å². The molecule has 1 heterocycles. The smallest absolute Gasteiger partial charge is 0.407 e. The Balaban J connectivity index is 1.52. The largest absolute Gasteiger partial charge is 0.446 e. The van der Waals surface area contributed by atoms with Crippen LogP contribution in [0.5, 0.6) is 0 Å². The van der Waals surface area contributed by atoms with Crippen molar-refractivity contribution >= 4 is 16.9 Å². The van der Waals surface area contributed by atoms with E-state index in [0.29, 0.717) is 0 Å². The summed E-state index contributed by atoms with van der Waals surface area (Å²) >= 11 is 0. The highest BCUT2D eigenvalue weighted by Crippen LogP contribution is 2.20. The second-order valence-corrected chi connectivity index (χ2v) is 6.08. The van der Waals surface area contributed by atoms with Gasteiger partial charge in [-0.2, -0.15) is 0 Å². The first-order chi connectivity index (χ1) is 11.3. The van der Waals surface area contributed by atoms with Gasteiger partial charge in [-0.25, -0.2) is 4.79 Å². The van der Waals surface area contributed by atoms with Crippen molar-refractivity contribution in [1.29, 1.82) is 0 Å². The molecular weight excluding hydrogens is 288 g/mol. The molecule has 1 N–H and O–H groups in total. The lowest BCUT2D eigenvalue weighted by Crippen LogP contribution is -2.39. The Kier molecular flexibility index (Phi) is 5.13. The maximum absolute atomic E-state index is 11.2. The number of hydrogen-bond donors (Lipinski definition) is 1. The number of rotatable bonds is 4. The van der Waals surface area contributed by atoms with E-state index >= 15 is 0 Å². The van der Waals surface area contributed by atoms with Crippen LogP contribution in [0.1, 0.15) is 18.4 Å². The van der Waals surface area contributed by atoms with Crippen LogP contribution in [0.2, 0.25) is 0 Å². The quantitative estimate of drug-likeness (QED) is 0.942. The van der Waals surface area contributed by atoms with Crippen LogP contribution in [0.25, 0.3) is 10.8 Å². The Morgan fingerprint density at radius 2 is 1.91 bits per heavy atom. The Bertz CT molecular complexity index is 658. The number of hydrogen-bond acceptors (Lipinski definition) is 3. The first-order valence-electron chi connectivity index (χ1n) is 8.33. The molecule has 23 heavy (non-hydrogen) atoms. The summed E-state index contributed by atoms with van der Waals surface area (Å²) in [5, 5.41) is 5.17. The summed E-state index contributed by atoms with van der Waals surface area (Å²) in [6, 6.07) is 15.1. The number of likely N-dealkylation sites (tertiary alicyclic amines) is 1. The van der Waals surface area contributed by atoms with Gasteiger partial charge in [-0.15, -0.1) is 0 Å². The number of nitrogens with zero attached hydrogens (tertiary/aromatic N) is 1. The van der Waals surface area contributed by atoms with Crippen LogP contribution >= 0.6 is 0 Å². The zero-order valence-electron chi connectivity index (χ0n) is 13.6. The highest BCUT2D eigenvalue weighted by Gasteiger charge is 2.21. The lowest BCUT2D eigenvalue weighted by atomic mass is 10.0. The summed E-state index contributed by atoms with van der Waals surface area (Å²) in [6.45, 7) is 3.04. The van der Waals surface area contributed by atoms with Crippen molar-refractivity contribution in [2.75, 3.05) is 26.7 Å². The minimum absolute atomic E-state index is 0.0590. The average molecular weight is 312 g/mol. The molecule has 0 bridgehead atoms. The van der Waals surface area contributed by atoms with E-state index in [9.17, 15) is 4.79 Å². The third kappa shape index (κ3) is 4.02. The highest BCUT2D eigenvalue weighted by molar-refractivity contribution is 5.85. The van der Waals surface area contributed by atoms with Gasteiger partial charge in [0.15, 0.2) is 0 Å². The molecule has 0 aliphatic carbocycles. The van der Waals surface area contributed by atoms with Crippen LogP contribution in [0.15, 0.2) is 42.5 Å². The number of carbonyl (C=O) groups is 1. The Hall–Kier alpha value is -2.07. The molecule has 0 unspecified atom stereocenters. The first-order valence-corrected chi connectivity index (χ1v) is 8.33. The molecule has 122 valence electrons. The molecule has 0 radical (unpaired) electrons. The lowest BCUT2D eigenvalue weighted by Gasteiger charge is -2.31. The number of piperidine rings is 1. The average Bonchev–Trinajstić information content (AvgIpc) is 2.61. The zero-order valence-corrected chi connectivity index (χ0v) is 13.6. The van der Waals surface area contributed by atoms with Crippen LogP contribution in [0.3, 0.4) is 0 Å². The van der Waals surface area contributed by atoms with Crippen LogP contribution < -0.4 is 5.32 Å². The summed E-state index contributed by atoms with van der Waals surface area (Å²) in [7, 11) is 1.60. The molecule has 0 saturated carbocycles. The Morgan fingerprint density at radius 1 is 1.17 bits per heavy atom. The summed E-state index contributed by atoms with van der Waals surface area (Å²) < 4.78 is 5.33. The number of carbonyl (C=O) groups excluding carboxylic acids is 1. The van der Waals surface area contributed by atoms with Gasteiger partial charge in [-0.05, 0) is 35.6 Å². The first kappa shape index (κ1) is 15.8. The van der Waals surface area contributed by atoms with Crippen molar-refractivity contribution in [3.63, 3.8) is 0 Å². The monoisotopic (exact) mass is 312 g/mol. The zero-order chi connectivity index (χ0) is 16.1. The van der Waals surface area contributed by atoms with Gasteiger partial charge in [0, 0.05) is 26.7 Å². The fourth-order valence-corrected chi connectivity index (χ4v) is 3.25. The number of benzene rings is 2. The van der Waals surface area contributed by atoms with E-state index in [0.717, 1.165) is 38.9 Å². The van der Waals surface area contributed by atoms with E-state index < -0.39 is 0 Å². The van der Waals surface area contributed by atoms with E-state index in [1.807, 2.05) is 0 Å². The molecule has 0 aromatic heterocycles. The fraction of sp³-hybridized carbons (Fsp3) is 0.421. The summed E-state index contributed by atoms with van der Waals surface area (Å²) in [5.41, 5.74) is 1.41. The third-order valence-electron chi connectivity index (χ3n) is 4.59. The number of alkyl carbamates (subject to hydrolysis) is 1. The van der Waals surface area contributed by atoms with E-state index in [1.54, 1.807) is 7.05 Å². The predicted molar refractivity (Wildman–Crippen MR) is 92.7 cm³/mol. The molecule has 0 spiro atoms. The predicted octanol–water partition coefficient (Wildman–Crippen LogP) is 3.20. The summed E-state index contributed by atoms with van der Waals surface area (Å²) in [6.07, 6.45) is 2.64. The molecule has 1 saturated heterocycles. The Morgan fingerprint density at radius 3 is 2.70 bits per heavy atom. The van der Waals surface area contributed by atoms with E-state index in [1.165, 1.54) is 16.3 Å². The van der Waals surface area contributed by atoms with Gasteiger partial charge >= 0.3 is 6.09 Å². The van der Waals surface area contributed by atoms with Crippen molar-refractivity contribution in [3.8, 4) is 0 Å². The molecule has 2 aromatic carbocycles. The van der Waals surface area contributed by atoms with Crippen molar-refractivity contribution in [3.05, 3.63) is 48.0 Å². The maximum Gasteiger partial charge on any atom is 0.407 e. The molecule has 0 atom stereocenters. The molecule has 1 amide bonds. The summed E-state index contributed by atoms with van der Waals surface area (Å²) in [5.74, 6) is 0. The number of nitrogens with one attached hydrogen (secondary N) is 1. The van der Waals surface area contributed by atoms with Crippen molar-refractivity contribution < 1.29 is 9.53 Å². The van der Waals surface area contributed by atoms with Crippen LogP contribution in [0, 0.1) is 0 Å². The van der Waals surface area contributed by atoms with Gasteiger partial charge in [-0.3, -0.25) is 0 Å². The minimum atomic E-state index is -0.320. The Labute approximate surface area is 137 Å². The second-order valence-electron chi connectivity index (χ2n) is 6.08.